The number of anilines is 1. The predicted molar refractivity (Wildman–Crippen MR) is 84.4 cm³/mol. The molecule has 2 rings (SSSR count). The molecule has 0 atom stereocenters. The average molecular weight is 325 g/mol. The monoisotopic (exact) mass is 324 g/mol. The van der Waals surface area contributed by atoms with Crippen LogP contribution in [-0.2, 0) is 0 Å². The molecule has 1 amide bonds. The Hall–Kier alpha value is -1.78. The van der Waals surface area contributed by atoms with Gasteiger partial charge in [-0.2, -0.15) is 0 Å². The van der Waals surface area contributed by atoms with Crippen molar-refractivity contribution in [2.45, 2.75) is 13.3 Å². The number of benzene rings is 1. The molecule has 0 radical (unpaired) electrons. The minimum Gasteiger partial charge on any atom is -0.491 e. The lowest BCUT2D eigenvalue weighted by molar-refractivity contribution is 0.102. The summed E-state index contributed by atoms with van der Waals surface area (Å²) in [6.07, 6.45) is 2.39. The molecule has 0 bridgehead atoms. The van der Waals surface area contributed by atoms with Crippen molar-refractivity contribution in [1.82, 2.24) is 4.98 Å². The SMILES string of the molecule is CCCOc1ccc(Cl)cc1NC(=O)c1cccnc1Cl. The molecule has 110 valence electrons. The second-order valence-electron chi connectivity index (χ2n) is 4.28. The van der Waals surface area contributed by atoms with Crippen LogP contribution in [0.15, 0.2) is 36.5 Å². The number of pyridine rings is 1. The molecule has 4 nitrogen and oxygen atoms in total. The van der Waals surface area contributed by atoms with Crippen molar-refractivity contribution in [3.8, 4) is 5.75 Å². The third-order valence-electron chi connectivity index (χ3n) is 2.66. The van der Waals surface area contributed by atoms with Gasteiger partial charge in [-0.3, -0.25) is 4.79 Å². The van der Waals surface area contributed by atoms with Gasteiger partial charge in [-0.15, -0.1) is 0 Å². The topological polar surface area (TPSA) is 51.2 Å². The van der Waals surface area contributed by atoms with E-state index in [2.05, 4.69) is 10.3 Å². The van der Waals surface area contributed by atoms with Crippen LogP contribution in [0.1, 0.15) is 23.7 Å². The van der Waals surface area contributed by atoms with E-state index >= 15 is 0 Å². The van der Waals surface area contributed by atoms with Crippen LogP contribution in [0.5, 0.6) is 5.75 Å². The molecule has 21 heavy (non-hydrogen) atoms. The molecule has 0 aliphatic heterocycles. The first kappa shape index (κ1) is 15.6. The molecule has 1 aromatic carbocycles. The van der Waals surface area contributed by atoms with Gasteiger partial charge in [0, 0.05) is 11.2 Å². The highest BCUT2D eigenvalue weighted by Gasteiger charge is 2.14. The van der Waals surface area contributed by atoms with Crippen molar-refractivity contribution in [2.24, 2.45) is 0 Å². The lowest BCUT2D eigenvalue weighted by Crippen LogP contribution is -2.14. The molecule has 1 N–H and O–H groups in total. The van der Waals surface area contributed by atoms with Crippen molar-refractivity contribution in [3.05, 3.63) is 52.3 Å². The maximum Gasteiger partial charge on any atom is 0.258 e. The van der Waals surface area contributed by atoms with E-state index < -0.39 is 0 Å². The van der Waals surface area contributed by atoms with Gasteiger partial charge in [-0.1, -0.05) is 30.1 Å². The standard InChI is InChI=1S/C15H14Cl2N2O2/c1-2-8-21-13-6-5-10(16)9-12(13)19-15(20)11-4-3-7-18-14(11)17/h3-7,9H,2,8H2,1H3,(H,19,20). The lowest BCUT2D eigenvalue weighted by atomic mass is 10.2. The second kappa shape index (κ2) is 7.29. The lowest BCUT2D eigenvalue weighted by Gasteiger charge is -2.12. The summed E-state index contributed by atoms with van der Waals surface area (Å²) in [6.45, 7) is 2.56. The van der Waals surface area contributed by atoms with Crippen molar-refractivity contribution in [3.63, 3.8) is 0 Å². The van der Waals surface area contributed by atoms with Crippen LogP contribution in [0.25, 0.3) is 0 Å². The van der Waals surface area contributed by atoms with Gasteiger partial charge < -0.3 is 10.1 Å². The first-order valence-electron chi connectivity index (χ1n) is 6.46. The van der Waals surface area contributed by atoms with Crippen LogP contribution >= 0.6 is 23.2 Å². The Kier molecular flexibility index (Phi) is 5.42. The Balaban J connectivity index is 2.24. The molecule has 6 heteroatoms. The Morgan fingerprint density at radius 2 is 2.14 bits per heavy atom. The number of amides is 1. The minimum atomic E-state index is -0.364. The highest BCUT2D eigenvalue weighted by atomic mass is 35.5. The Labute approximate surface area is 133 Å². The summed E-state index contributed by atoms with van der Waals surface area (Å²) in [4.78, 5) is 16.1. The van der Waals surface area contributed by atoms with Gasteiger partial charge in [-0.25, -0.2) is 4.98 Å². The summed E-state index contributed by atoms with van der Waals surface area (Å²) in [7, 11) is 0. The van der Waals surface area contributed by atoms with E-state index in [1.807, 2.05) is 6.92 Å². The Bertz CT molecular complexity index is 647. The minimum absolute atomic E-state index is 0.146. The number of hydrogen-bond donors (Lipinski definition) is 1. The number of aromatic nitrogens is 1. The summed E-state index contributed by atoms with van der Waals surface area (Å²) < 4.78 is 5.59. The van der Waals surface area contributed by atoms with Crippen molar-refractivity contribution < 1.29 is 9.53 Å². The largest absolute Gasteiger partial charge is 0.491 e. The molecule has 0 spiro atoms. The van der Waals surface area contributed by atoms with Crippen LogP contribution in [0.2, 0.25) is 10.2 Å². The van der Waals surface area contributed by atoms with Crippen LogP contribution in [0.4, 0.5) is 5.69 Å². The number of rotatable bonds is 5. The summed E-state index contributed by atoms with van der Waals surface area (Å²) in [6, 6.07) is 8.31. The summed E-state index contributed by atoms with van der Waals surface area (Å²) in [5.41, 5.74) is 0.793. The first-order chi connectivity index (χ1) is 10.1. The van der Waals surface area contributed by atoms with E-state index in [1.54, 1.807) is 30.3 Å². The first-order valence-corrected chi connectivity index (χ1v) is 7.21. The van der Waals surface area contributed by atoms with Crippen molar-refractivity contribution >= 4 is 34.8 Å². The van der Waals surface area contributed by atoms with Crippen LogP contribution in [-0.4, -0.2) is 17.5 Å². The third-order valence-corrected chi connectivity index (χ3v) is 3.19. The van der Waals surface area contributed by atoms with Gasteiger partial charge in [0.2, 0.25) is 0 Å². The number of carbonyl (C=O) groups excluding carboxylic acids is 1. The van der Waals surface area contributed by atoms with E-state index in [0.717, 1.165) is 6.42 Å². The van der Waals surface area contributed by atoms with Crippen LogP contribution in [0, 0.1) is 0 Å². The smallest absolute Gasteiger partial charge is 0.258 e. The van der Waals surface area contributed by atoms with Gasteiger partial charge in [0.15, 0.2) is 0 Å². The van der Waals surface area contributed by atoms with E-state index in [0.29, 0.717) is 28.6 Å². The number of carbonyl (C=O) groups is 1. The predicted octanol–water partition coefficient (Wildman–Crippen LogP) is 4.43. The van der Waals surface area contributed by atoms with Crippen LogP contribution < -0.4 is 10.1 Å². The summed E-state index contributed by atoms with van der Waals surface area (Å²) in [5, 5.41) is 3.40. The quantitative estimate of drug-likeness (QED) is 0.828. The highest BCUT2D eigenvalue weighted by Crippen LogP contribution is 2.29. The second-order valence-corrected chi connectivity index (χ2v) is 5.08. The molecule has 0 saturated heterocycles. The highest BCUT2D eigenvalue weighted by molar-refractivity contribution is 6.33. The zero-order valence-corrected chi connectivity index (χ0v) is 12.9. The summed E-state index contributed by atoms with van der Waals surface area (Å²) in [5.74, 6) is 0.200. The van der Waals surface area contributed by atoms with Crippen molar-refractivity contribution in [1.29, 1.82) is 0 Å². The molecule has 1 aromatic heterocycles. The number of hydrogen-bond acceptors (Lipinski definition) is 3. The van der Waals surface area contributed by atoms with Gasteiger partial charge in [0.25, 0.3) is 5.91 Å². The molecule has 0 fully saturated rings. The molecule has 0 unspecified atom stereocenters. The molecule has 1 heterocycles. The van der Waals surface area contributed by atoms with E-state index in [-0.39, 0.29) is 11.1 Å². The number of ether oxygens (including phenoxy) is 1. The van der Waals surface area contributed by atoms with E-state index in [4.69, 9.17) is 27.9 Å². The van der Waals surface area contributed by atoms with Crippen LogP contribution in [0.3, 0.4) is 0 Å². The van der Waals surface area contributed by atoms with E-state index in [1.165, 1.54) is 6.20 Å². The van der Waals surface area contributed by atoms with Gasteiger partial charge >= 0.3 is 0 Å². The molecule has 0 aliphatic carbocycles. The number of halogens is 2. The Morgan fingerprint density at radius 3 is 2.86 bits per heavy atom. The number of nitrogens with one attached hydrogen (secondary N) is 1. The molecule has 2 aromatic rings. The zero-order valence-electron chi connectivity index (χ0n) is 11.4. The zero-order chi connectivity index (χ0) is 15.2. The van der Waals surface area contributed by atoms with E-state index in [9.17, 15) is 4.79 Å². The fourth-order valence-corrected chi connectivity index (χ4v) is 2.06. The fraction of sp³-hybridized carbons (Fsp3) is 0.200. The normalized spacial score (nSPS) is 10.2. The maximum atomic E-state index is 12.2. The summed E-state index contributed by atoms with van der Waals surface area (Å²) >= 11 is 11.9. The molecule has 0 saturated carbocycles. The average Bonchev–Trinajstić information content (AvgIpc) is 2.47. The van der Waals surface area contributed by atoms with Crippen molar-refractivity contribution in [2.75, 3.05) is 11.9 Å². The molecular formula is C15H14Cl2N2O2. The Morgan fingerprint density at radius 1 is 1.33 bits per heavy atom. The maximum absolute atomic E-state index is 12.2. The fourth-order valence-electron chi connectivity index (χ4n) is 1.68. The van der Waals surface area contributed by atoms with Gasteiger partial charge in [0.1, 0.15) is 10.9 Å². The number of nitrogens with zero attached hydrogens (tertiary/aromatic N) is 1. The van der Waals surface area contributed by atoms with Gasteiger partial charge in [0.05, 0.1) is 17.9 Å². The molecule has 0 aliphatic rings. The van der Waals surface area contributed by atoms with Gasteiger partial charge in [-0.05, 0) is 36.8 Å². The molecular weight excluding hydrogens is 311 g/mol. The third kappa shape index (κ3) is 4.09.